The van der Waals surface area contributed by atoms with Gasteiger partial charge in [-0.05, 0) is 66.7 Å². The molecule has 0 saturated carbocycles. The Balaban J connectivity index is 1.19. The number of hydrogen-bond donors (Lipinski definition) is 0. The molecular formula is C54H35N3. The molecule has 0 atom stereocenters. The van der Waals surface area contributed by atoms with E-state index in [9.17, 15) is 0 Å². The fourth-order valence-electron chi connectivity index (χ4n) is 9.14. The molecule has 1 aliphatic carbocycles. The summed E-state index contributed by atoms with van der Waals surface area (Å²) in [5.74, 6) is 1.92. The van der Waals surface area contributed by atoms with Crippen molar-refractivity contribution < 1.29 is 0 Å². The smallest absolute Gasteiger partial charge is 0.164 e. The molecule has 0 spiro atoms. The fourth-order valence-corrected chi connectivity index (χ4v) is 9.14. The topological polar surface area (TPSA) is 38.7 Å². The van der Waals surface area contributed by atoms with E-state index in [0.717, 1.165) is 44.2 Å². The summed E-state index contributed by atoms with van der Waals surface area (Å²) in [5, 5.41) is 4.67. The van der Waals surface area contributed by atoms with Crippen molar-refractivity contribution in [1.82, 2.24) is 15.0 Å². The molecule has 1 heterocycles. The van der Waals surface area contributed by atoms with Crippen LogP contribution in [0.15, 0.2) is 212 Å². The summed E-state index contributed by atoms with van der Waals surface area (Å²) in [6.45, 7) is 0. The highest BCUT2D eigenvalue weighted by atomic mass is 15.0. The van der Waals surface area contributed by atoms with Crippen molar-refractivity contribution >= 4 is 21.5 Å². The van der Waals surface area contributed by atoms with Crippen LogP contribution in [-0.2, 0) is 5.41 Å². The molecule has 0 radical (unpaired) electrons. The van der Waals surface area contributed by atoms with Gasteiger partial charge in [0.15, 0.2) is 17.5 Å². The third-order valence-electron chi connectivity index (χ3n) is 11.6. The third kappa shape index (κ3) is 5.24. The first-order valence-electron chi connectivity index (χ1n) is 19.4. The third-order valence-corrected chi connectivity index (χ3v) is 11.6. The van der Waals surface area contributed by atoms with E-state index in [1.807, 2.05) is 18.2 Å². The van der Waals surface area contributed by atoms with Gasteiger partial charge in [0.2, 0.25) is 0 Å². The molecule has 0 aliphatic heterocycles. The summed E-state index contributed by atoms with van der Waals surface area (Å²) in [7, 11) is 0. The maximum absolute atomic E-state index is 5.46. The van der Waals surface area contributed by atoms with Gasteiger partial charge in [-0.2, -0.15) is 0 Å². The van der Waals surface area contributed by atoms with Gasteiger partial charge in [-0.25, -0.2) is 15.0 Å². The van der Waals surface area contributed by atoms with Gasteiger partial charge in [-0.15, -0.1) is 0 Å². The zero-order valence-corrected chi connectivity index (χ0v) is 31.0. The average molecular weight is 726 g/mol. The Morgan fingerprint density at radius 3 is 1.54 bits per heavy atom. The summed E-state index contributed by atoms with van der Waals surface area (Å²) in [5.41, 5.74) is 11.9. The molecule has 0 amide bonds. The lowest BCUT2D eigenvalue weighted by molar-refractivity contribution is 0.768. The van der Waals surface area contributed by atoms with Crippen molar-refractivity contribution in [3.05, 3.63) is 235 Å². The van der Waals surface area contributed by atoms with Crippen LogP contribution in [0, 0.1) is 0 Å². The molecule has 0 saturated heterocycles. The van der Waals surface area contributed by atoms with Crippen LogP contribution >= 0.6 is 0 Å². The van der Waals surface area contributed by atoms with Crippen LogP contribution in [0.2, 0.25) is 0 Å². The van der Waals surface area contributed by atoms with Crippen LogP contribution in [-0.4, -0.2) is 15.0 Å². The Hall–Kier alpha value is -7.49. The Morgan fingerprint density at radius 2 is 0.807 bits per heavy atom. The van der Waals surface area contributed by atoms with Crippen LogP contribution in [0.25, 0.3) is 78.0 Å². The molecule has 57 heavy (non-hydrogen) atoms. The average Bonchev–Trinajstić information content (AvgIpc) is 3.60. The molecule has 3 nitrogen and oxygen atoms in total. The minimum absolute atomic E-state index is 0.535. The highest BCUT2D eigenvalue weighted by Gasteiger charge is 2.47. The molecule has 11 rings (SSSR count). The molecule has 0 N–H and O–H groups in total. The van der Waals surface area contributed by atoms with Crippen LogP contribution < -0.4 is 0 Å². The first-order valence-corrected chi connectivity index (χ1v) is 19.4. The van der Waals surface area contributed by atoms with Gasteiger partial charge in [0.05, 0.1) is 5.41 Å². The lowest BCUT2D eigenvalue weighted by atomic mass is 9.67. The number of aromatic nitrogens is 3. The highest BCUT2D eigenvalue weighted by molar-refractivity contribution is 6.07. The predicted octanol–water partition coefficient (Wildman–Crippen LogP) is 13.2. The van der Waals surface area contributed by atoms with Gasteiger partial charge in [-0.3, -0.25) is 0 Å². The minimum Gasteiger partial charge on any atom is -0.208 e. The SMILES string of the molecule is c1ccc(-c2nc(-c3cccc4c3-c3ccccc3C4(c3ccccc3)c3ccccc3)nc(-c3cccc4cccc(-c5ccc6ccccc6c5)c34)n2)cc1. The van der Waals surface area contributed by atoms with Gasteiger partial charge in [0, 0.05) is 22.1 Å². The summed E-state index contributed by atoms with van der Waals surface area (Å²) >= 11 is 0. The minimum atomic E-state index is -0.535. The Kier molecular flexibility index (Phi) is 7.71. The monoisotopic (exact) mass is 725 g/mol. The normalized spacial score (nSPS) is 12.7. The summed E-state index contributed by atoms with van der Waals surface area (Å²) in [6.07, 6.45) is 0. The fraction of sp³-hybridized carbons (Fsp3) is 0.0185. The largest absolute Gasteiger partial charge is 0.208 e. The maximum atomic E-state index is 5.46. The van der Waals surface area contributed by atoms with E-state index in [0.29, 0.717) is 17.5 Å². The van der Waals surface area contributed by atoms with E-state index >= 15 is 0 Å². The summed E-state index contributed by atoms with van der Waals surface area (Å²) < 4.78 is 0. The number of nitrogens with zero attached hydrogens (tertiary/aromatic N) is 3. The van der Waals surface area contributed by atoms with Gasteiger partial charge < -0.3 is 0 Å². The second-order valence-corrected chi connectivity index (χ2v) is 14.7. The second-order valence-electron chi connectivity index (χ2n) is 14.7. The van der Waals surface area contributed by atoms with E-state index in [2.05, 4.69) is 194 Å². The molecule has 9 aromatic carbocycles. The Bertz CT molecular complexity index is 3070. The molecule has 0 fully saturated rings. The number of benzene rings is 9. The van der Waals surface area contributed by atoms with Crippen molar-refractivity contribution in [2.75, 3.05) is 0 Å². The molecule has 1 aromatic heterocycles. The molecule has 0 bridgehead atoms. The molecule has 0 unspecified atom stereocenters. The van der Waals surface area contributed by atoms with Gasteiger partial charge in [0.1, 0.15) is 0 Å². The van der Waals surface area contributed by atoms with E-state index in [1.54, 1.807) is 0 Å². The number of fused-ring (bicyclic) bond motifs is 5. The van der Waals surface area contributed by atoms with Gasteiger partial charge in [0.25, 0.3) is 0 Å². The van der Waals surface area contributed by atoms with Crippen molar-refractivity contribution in [3.8, 4) is 56.4 Å². The second kappa shape index (κ2) is 13.4. The number of rotatable bonds is 6. The van der Waals surface area contributed by atoms with E-state index in [4.69, 9.17) is 15.0 Å². The molecule has 3 heteroatoms. The quantitative estimate of drug-likeness (QED) is 0.171. The zero-order chi connectivity index (χ0) is 37.8. The van der Waals surface area contributed by atoms with Gasteiger partial charge >= 0.3 is 0 Å². The van der Waals surface area contributed by atoms with Crippen molar-refractivity contribution in [2.24, 2.45) is 0 Å². The first-order chi connectivity index (χ1) is 28.3. The molecule has 1 aliphatic rings. The lowest BCUT2D eigenvalue weighted by Crippen LogP contribution is -2.28. The van der Waals surface area contributed by atoms with Crippen LogP contribution in [0.3, 0.4) is 0 Å². The molecule has 266 valence electrons. The lowest BCUT2D eigenvalue weighted by Gasteiger charge is -2.33. The Labute approximate surface area is 331 Å². The van der Waals surface area contributed by atoms with Crippen LogP contribution in [0.5, 0.6) is 0 Å². The molecular weight excluding hydrogens is 691 g/mol. The van der Waals surface area contributed by atoms with E-state index in [-0.39, 0.29) is 0 Å². The van der Waals surface area contributed by atoms with E-state index < -0.39 is 5.41 Å². The summed E-state index contributed by atoms with van der Waals surface area (Å²) in [6, 6.07) is 75.8. The van der Waals surface area contributed by atoms with Crippen molar-refractivity contribution in [1.29, 1.82) is 0 Å². The predicted molar refractivity (Wildman–Crippen MR) is 234 cm³/mol. The highest BCUT2D eigenvalue weighted by Crippen LogP contribution is 2.58. The van der Waals surface area contributed by atoms with Crippen molar-refractivity contribution in [3.63, 3.8) is 0 Å². The van der Waals surface area contributed by atoms with Crippen LogP contribution in [0.1, 0.15) is 22.3 Å². The zero-order valence-electron chi connectivity index (χ0n) is 31.0. The van der Waals surface area contributed by atoms with Crippen molar-refractivity contribution in [2.45, 2.75) is 5.41 Å². The van der Waals surface area contributed by atoms with Gasteiger partial charge in [-0.1, -0.05) is 206 Å². The van der Waals surface area contributed by atoms with Crippen LogP contribution in [0.4, 0.5) is 0 Å². The standard InChI is InChI=1S/C54H35N3/c1-4-18-38(19-5-1)51-55-52(45-29-15-22-37-21-14-28-43(49(37)45)40-34-33-36-17-10-11-20-39(36)35-40)57-53(56-51)46-30-16-32-48-50(46)44-27-12-13-31-47(44)54(48,41-23-6-2-7-24-41)42-25-8-3-9-26-42/h1-35H. The van der Waals surface area contributed by atoms with E-state index in [1.165, 1.54) is 38.6 Å². The Morgan fingerprint density at radius 1 is 0.298 bits per heavy atom. The maximum Gasteiger partial charge on any atom is 0.164 e. The number of hydrogen-bond acceptors (Lipinski definition) is 3. The molecule has 10 aromatic rings. The first kappa shape index (κ1) is 32.9. The summed E-state index contributed by atoms with van der Waals surface area (Å²) in [4.78, 5) is 16.0.